The molecule has 25 heavy (non-hydrogen) atoms. The molecule has 9 heteroatoms. The van der Waals surface area contributed by atoms with Gasteiger partial charge in [0.25, 0.3) is 0 Å². The van der Waals surface area contributed by atoms with E-state index in [1.807, 2.05) is 0 Å². The van der Waals surface area contributed by atoms with E-state index in [4.69, 9.17) is 33.3 Å². The lowest BCUT2D eigenvalue weighted by molar-refractivity contribution is 0.405. The number of ether oxygens (including phenoxy) is 2. The number of methoxy groups -OCH3 is 2. The summed E-state index contributed by atoms with van der Waals surface area (Å²) >= 11 is 11.2. The van der Waals surface area contributed by atoms with E-state index in [2.05, 4.69) is 15.8 Å². The summed E-state index contributed by atoms with van der Waals surface area (Å²) in [6.45, 7) is 0. The van der Waals surface area contributed by atoms with Gasteiger partial charge < -0.3 is 25.0 Å². The molecule has 0 fully saturated rings. The van der Waals surface area contributed by atoms with Crippen molar-refractivity contribution in [3.8, 4) is 23.0 Å². The molecule has 0 heterocycles. The summed E-state index contributed by atoms with van der Waals surface area (Å²) in [4.78, 5) is 0. The van der Waals surface area contributed by atoms with E-state index >= 15 is 0 Å². The number of phenols is 2. The highest BCUT2D eigenvalue weighted by Gasteiger charge is 2.11. The zero-order chi connectivity index (χ0) is 18.4. The zero-order valence-electron chi connectivity index (χ0n) is 13.4. The molecule has 0 spiro atoms. The van der Waals surface area contributed by atoms with Gasteiger partial charge in [-0.25, -0.2) is 0 Å². The van der Waals surface area contributed by atoms with E-state index in [9.17, 15) is 10.2 Å². The Bertz CT molecular complexity index is 814. The largest absolute Gasteiger partial charge is 0.508 e. The van der Waals surface area contributed by atoms with Crippen molar-refractivity contribution < 1.29 is 19.7 Å². The minimum absolute atomic E-state index is 0.0384. The Morgan fingerprint density at radius 1 is 1.16 bits per heavy atom. The third kappa shape index (κ3) is 4.88. The average Bonchev–Trinajstić information content (AvgIpc) is 2.58. The number of hydrazone groups is 1. The van der Waals surface area contributed by atoms with Crippen molar-refractivity contribution in [1.29, 1.82) is 0 Å². The summed E-state index contributed by atoms with van der Waals surface area (Å²) in [5, 5.41) is 26.4. The number of nitrogens with one attached hydrogen (secondary N) is 2. The normalized spacial score (nSPS) is 10.5. The highest BCUT2D eigenvalue weighted by atomic mass is 35.5. The molecule has 0 atom stereocenters. The molecule has 0 aliphatic rings. The zero-order valence-corrected chi connectivity index (χ0v) is 15.0. The predicted molar refractivity (Wildman–Crippen MR) is 101 cm³/mol. The van der Waals surface area contributed by atoms with E-state index in [0.29, 0.717) is 27.8 Å². The highest BCUT2D eigenvalue weighted by molar-refractivity contribution is 7.80. The standard InChI is InChI=1S/C16H16ClN3O4S/c1-23-14-7-12(15(24-2)6-11(14)17)19-16(25)20-18-8-9-3-4-10(21)5-13(9)22/h3-8,21-22H,1-2H3,(H2,19,20,25)/b18-8+. The lowest BCUT2D eigenvalue weighted by Crippen LogP contribution is -2.24. The Morgan fingerprint density at radius 3 is 2.52 bits per heavy atom. The van der Waals surface area contributed by atoms with Gasteiger partial charge in [0.05, 0.1) is 31.1 Å². The van der Waals surface area contributed by atoms with Crippen molar-refractivity contribution in [2.45, 2.75) is 0 Å². The smallest absolute Gasteiger partial charge is 0.191 e. The van der Waals surface area contributed by atoms with Gasteiger partial charge in [-0.05, 0) is 24.4 Å². The van der Waals surface area contributed by atoms with Crippen LogP contribution >= 0.6 is 23.8 Å². The molecule has 0 saturated heterocycles. The number of nitrogens with zero attached hydrogens (tertiary/aromatic N) is 1. The van der Waals surface area contributed by atoms with Gasteiger partial charge in [-0.15, -0.1) is 0 Å². The Hall–Kier alpha value is -2.71. The summed E-state index contributed by atoms with van der Waals surface area (Å²) in [7, 11) is 3.01. The van der Waals surface area contributed by atoms with Crippen LogP contribution in [-0.4, -0.2) is 35.8 Å². The first-order valence-corrected chi connectivity index (χ1v) is 7.76. The molecule has 7 nitrogen and oxygen atoms in total. The molecule has 2 rings (SSSR count). The van der Waals surface area contributed by atoms with Crippen LogP contribution in [-0.2, 0) is 0 Å². The Morgan fingerprint density at radius 2 is 1.88 bits per heavy atom. The Kier molecular flexibility index (Phi) is 6.26. The molecule has 0 aliphatic heterocycles. The quantitative estimate of drug-likeness (QED) is 0.359. The summed E-state index contributed by atoms with van der Waals surface area (Å²) in [6, 6.07) is 7.40. The fraction of sp³-hybridized carbons (Fsp3) is 0.125. The average molecular weight is 382 g/mol. The van der Waals surface area contributed by atoms with E-state index in [1.54, 1.807) is 12.1 Å². The van der Waals surface area contributed by atoms with Crippen LogP contribution in [0.15, 0.2) is 35.4 Å². The van der Waals surface area contributed by atoms with Crippen molar-refractivity contribution in [1.82, 2.24) is 5.43 Å². The molecule has 0 unspecified atom stereocenters. The van der Waals surface area contributed by atoms with Gasteiger partial charge in [0.15, 0.2) is 5.11 Å². The molecule has 2 aromatic rings. The summed E-state index contributed by atoms with van der Waals surface area (Å²) < 4.78 is 10.4. The van der Waals surface area contributed by atoms with E-state index in [-0.39, 0.29) is 16.6 Å². The molecule has 2 aromatic carbocycles. The summed E-state index contributed by atoms with van der Waals surface area (Å²) in [5.41, 5.74) is 3.57. The van der Waals surface area contributed by atoms with Crippen molar-refractivity contribution in [3.05, 3.63) is 40.9 Å². The lowest BCUT2D eigenvalue weighted by atomic mass is 10.2. The number of phenolic OH excluding ortho intramolecular Hbond substituents is 2. The van der Waals surface area contributed by atoms with Gasteiger partial charge in [-0.2, -0.15) is 5.10 Å². The number of hydrogen-bond donors (Lipinski definition) is 4. The Labute approximate surface area is 154 Å². The van der Waals surface area contributed by atoms with Crippen LogP contribution in [0.1, 0.15) is 5.56 Å². The number of halogens is 1. The molecule has 0 saturated carbocycles. The number of benzene rings is 2. The van der Waals surface area contributed by atoms with Gasteiger partial charge in [0.2, 0.25) is 0 Å². The van der Waals surface area contributed by atoms with Crippen LogP contribution in [0.5, 0.6) is 23.0 Å². The van der Waals surface area contributed by atoms with Crippen LogP contribution in [0, 0.1) is 0 Å². The predicted octanol–water partition coefficient (Wildman–Crippen LogP) is 3.09. The maximum absolute atomic E-state index is 9.67. The first-order valence-electron chi connectivity index (χ1n) is 6.98. The molecule has 0 aliphatic carbocycles. The maximum Gasteiger partial charge on any atom is 0.191 e. The van der Waals surface area contributed by atoms with Crippen LogP contribution < -0.4 is 20.2 Å². The number of hydrogen-bond acceptors (Lipinski definition) is 6. The van der Waals surface area contributed by atoms with Crippen LogP contribution in [0.4, 0.5) is 5.69 Å². The monoisotopic (exact) mass is 381 g/mol. The second-order valence-electron chi connectivity index (χ2n) is 4.75. The molecule has 0 amide bonds. The summed E-state index contributed by atoms with van der Waals surface area (Å²) in [5.74, 6) is 0.803. The second-order valence-corrected chi connectivity index (χ2v) is 5.57. The maximum atomic E-state index is 9.67. The number of aromatic hydroxyl groups is 2. The first kappa shape index (κ1) is 18.6. The third-order valence-electron chi connectivity index (χ3n) is 3.11. The van der Waals surface area contributed by atoms with E-state index in [0.717, 1.165) is 0 Å². The number of anilines is 1. The first-order chi connectivity index (χ1) is 11.9. The van der Waals surface area contributed by atoms with Crippen molar-refractivity contribution in [2.24, 2.45) is 5.10 Å². The van der Waals surface area contributed by atoms with Gasteiger partial charge in [0, 0.05) is 23.8 Å². The van der Waals surface area contributed by atoms with Gasteiger partial charge >= 0.3 is 0 Å². The van der Waals surface area contributed by atoms with Gasteiger partial charge in [0.1, 0.15) is 23.0 Å². The highest BCUT2D eigenvalue weighted by Crippen LogP contribution is 2.35. The molecule has 0 radical (unpaired) electrons. The minimum Gasteiger partial charge on any atom is -0.508 e. The third-order valence-corrected chi connectivity index (χ3v) is 3.59. The SMILES string of the molecule is COc1cc(NC(=S)N/N=C/c2ccc(O)cc2O)c(OC)cc1Cl. The van der Waals surface area contributed by atoms with Gasteiger partial charge in [-0.1, -0.05) is 11.6 Å². The Balaban J connectivity index is 2.06. The fourth-order valence-corrected chi connectivity index (χ4v) is 2.30. The van der Waals surface area contributed by atoms with Crippen molar-refractivity contribution in [3.63, 3.8) is 0 Å². The molecule has 0 aromatic heterocycles. The lowest BCUT2D eigenvalue weighted by Gasteiger charge is -2.14. The molecular weight excluding hydrogens is 366 g/mol. The minimum atomic E-state index is -0.103. The van der Waals surface area contributed by atoms with Crippen molar-refractivity contribution >= 4 is 40.8 Å². The summed E-state index contributed by atoms with van der Waals surface area (Å²) in [6.07, 6.45) is 1.36. The molecule has 132 valence electrons. The molecule has 0 bridgehead atoms. The molecular formula is C16H16ClN3O4S. The van der Waals surface area contributed by atoms with Crippen LogP contribution in [0.25, 0.3) is 0 Å². The molecule has 4 N–H and O–H groups in total. The van der Waals surface area contributed by atoms with Gasteiger partial charge in [-0.3, -0.25) is 5.43 Å². The van der Waals surface area contributed by atoms with E-state index in [1.165, 1.54) is 38.6 Å². The fourth-order valence-electron chi connectivity index (χ4n) is 1.91. The number of rotatable bonds is 5. The van der Waals surface area contributed by atoms with E-state index < -0.39 is 0 Å². The topological polar surface area (TPSA) is 95.3 Å². The number of thiocarbonyl (C=S) groups is 1. The van der Waals surface area contributed by atoms with Crippen LogP contribution in [0.3, 0.4) is 0 Å². The second kappa shape index (κ2) is 8.41. The van der Waals surface area contributed by atoms with Crippen molar-refractivity contribution in [2.75, 3.05) is 19.5 Å². The van der Waals surface area contributed by atoms with Crippen LogP contribution in [0.2, 0.25) is 5.02 Å².